The lowest BCUT2D eigenvalue weighted by Gasteiger charge is -2.11. The summed E-state index contributed by atoms with van der Waals surface area (Å²) in [4.78, 5) is 0. The van der Waals surface area contributed by atoms with Gasteiger partial charge in [-0.25, -0.2) is 4.70 Å². The third kappa shape index (κ3) is 7.03. The summed E-state index contributed by atoms with van der Waals surface area (Å²) in [5, 5.41) is 0. The van der Waals surface area contributed by atoms with E-state index < -0.39 is 0 Å². The van der Waals surface area contributed by atoms with Crippen molar-refractivity contribution in [3.05, 3.63) is 87.5 Å². The first-order valence-corrected chi connectivity index (χ1v) is 14.3. The Morgan fingerprint density at radius 2 is 0.971 bits per heavy atom. The molecule has 0 saturated heterocycles. The average molecular weight is 471 g/mol. The van der Waals surface area contributed by atoms with Crippen LogP contribution in [0.3, 0.4) is 0 Å². The van der Waals surface area contributed by atoms with Gasteiger partial charge in [0.05, 0.1) is 0 Å². The Kier molecular flexibility index (Phi) is 11.0. The summed E-state index contributed by atoms with van der Waals surface area (Å²) in [6.07, 6.45) is 14.9. The smallest absolute Gasteiger partial charge is 0.211 e. The standard InChI is InChI=1S/C33H46N2/c1-5-9-13-23-31-30(22-12-8-4)32(28-20-14-18-26(24-28)16-10-6-2)35(34)33(31)29-21-15-19-27(25-29)17-11-7-3/h14-15,18-21,24-25H,5-13,16-17,22-23H2,1-4H3. The molecule has 0 fully saturated rings. The van der Waals surface area contributed by atoms with E-state index in [2.05, 4.69) is 76.2 Å². The molecule has 0 unspecified atom stereocenters. The lowest BCUT2D eigenvalue weighted by molar-refractivity contribution is -0.345. The zero-order chi connectivity index (χ0) is 25.0. The molecule has 0 amide bonds. The van der Waals surface area contributed by atoms with E-state index in [0.29, 0.717) is 0 Å². The van der Waals surface area contributed by atoms with Gasteiger partial charge in [-0.15, -0.1) is 0 Å². The van der Waals surface area contributed by atoms with Crippen LogP contribution in [-0.2, 0) is 12.8 Å². The predicted molar refractivity (Wildman–Crippen MR) is 151 cm³/mol. The molecule has 0 spiro atoms. The van der Waals surface area contributed by atoms with Gasteiger partial charge in [0.2, 0.25) is 11.4 Å². The second-order valence-electron chi connectivity index (χ2n) is 10.1. The topological polar surface area (TPSA) is 25.3 Å². The van der Waals surface area contributed by atoms with E-state index in [0.717, 1.165) is 67.5 Å². The van der Waals surface area contributed by atoms with Crippen LogP contribution >= 0.6 is 0 Å². The Morgan fingerprint density at radius 1 is 0.543 bits per heavy atom. The number of rotatable bonds is 15. The monoisotopic (exact) mass is 470 g/mol. The van der Waals surface area contributed by atoms with Crippen LogP contribution in [0.1, 0.15) is 121 Å². The largest absolute Gasteiger partial charge is 0.493 e. The third-order valence-corrected chi connectivity index (χ3v) is 7.21. The van der Waals surface area contributed by atoms with Gasteiger partial charge in [-0.1, -0.05) is 84.1 Å². The van der Waals surface area contributed by atoms with E-state index in [4.69, 9.17) is 0 Å². The van der Waals surface area contributed by atoms with Gasteiger partial charge < -0.3 is 5.53 Å². The summed E-state index contributed by atoms with van der Waals surface area (Å²) in [7, 11) is 0. The van der Waals surface area contributed by atoms with Crippen LogP contribution in [-0.4, -0.2) is 4.70 Å². The molecule has 1 heterocycles. The van der Waals surface area contributed by atoms with Crippen molar-refractivity contribution in [1.82, 2.24) is 0 Å². The van der Waals surface area contributed by atoms with E-state index in [1.807, 2.05) is 0 Å². The van der Waals surface area contributed by atoms with Crippen LogP contribution in [0.25, 0.3) is 16.9 Å². The van der Waals surface area contributed by atoms with Crippen LogP contribution in [0.5, 0.6) is 0 Å². The van der Waals surface area contributed by atoms with Gasteiger partial charge in [0.15, 0.2) is 0 Å². The molecule has 0 saturated carbocycles. The minimum absolute atomic E-state index is 1.01. The predicted octanol–water partition coefficient (Wildman–Crippen LogP) is 10.3. The summed E-state index contributed by atoms with van der Waals surface area (Å²) < 4.78 is 1.55. The van der Waals surface area contributed by atoms with Gasteiger partial charge in [-0.3, -0.25) is 0 Å². The normalized spacial score (nSPS) is 13.9. The molecule has 3 rings (SSSR count). The molecule has 2 nitrogen and oxygen atoms in total. The van der Waals surface area contributed by atoms with E-state index in [9.17, 15) is 5.53 Å². The zero-order valence-corrected chi connectivity index (χ0v) is 22.7. The Hall–Kier alpha value is -2.48. The highest BCUT2D eigenvalue weighted by Crippen LogP contribution is 2.44. The van der Waals surface area contributed by atoms with Crippen molar-refractivity contribution in [1.29, 1.82) is 0 Å². The van der Waals surface area contributed by atoms with Crippen molar-refractivity contribution >= 4 is 11.4 Å². The molecular formula is C33H46N2. The molecule has 0 bridgehead atoms. The van der Waals surface area contributed by atoms with Crippen molar-refractivity contribution in [2.24, 2.45) is 0 Å². The molecule has 0 atom stereocenters. The molecule has 0 N–H and O–H groups in total. The van der Waals surface area contributed by atoms with Crippen molar-refractivity contribution in [3.63, 3.8) is 0 Å². The molecule has 1 aliphatic heterocycles. The number of nitrogens with zero attached hydrogens (tertiary/aromatic N) is 2. The summed E-state index contributed by atoms with van der Waals surface area (Å²) in [6, 6.07) is 17.8. The number of unbranched alkanes of at least 4 members (excludes halogenated alkanes) is 5. The van der Waals surface area contributed by atoms with Gasteiger partial charge >= 0.3 is 0 Å². The first-order chi connectivity index (χ1) is 17.1. The SMILES string of the molecule is CCCCCC1=C(c2cccc(CCCC)c2)[N+](=[N-])C(c2cccc(CCCC)c2)=C1CCCC. The Bertz CT molecular complexity index is 1040. The molecule has 2 aromatic carbocycles. The van der Waals surface area contributed by atoms with Crippen molar-refractivity contribution in [2.75, 3.05) is 0 Å². The highest BCUT2D eigenvalue weighted by molar-refractivity contribution is 5.82. The molecule has 1 aliphatic rings. The highest BCUT2D eigenvalue weighted by Gasteiger charge is 2.35. The van der Waals surface area contributed by atoms with Gasteiger partial charge in [0.25, 0.3) is 0 Å². The lowest BCUT2D eigenvalue weighted by atomic mass is 9.91. The number of aryl methyl sites for hydroxylation is 2. The Balaban J connectivity index is 2.10. The van der Waals surface area contributed by atoms with E-state index in [1.165, 1.54) is 60.8 Å². The third-order valence-electron chi connectivity index (χ3n) is 7.21. The van der Waals surface area contributed by atoms with Crippen LogP contribution in [0.15, 0.2) is 59.7 Å². The summed E-state index contributed by atoms with van der Waals surface area (Å²) in [5.74, 6) is 0. The van der Waals surface area contributed by atoms with E-state index in [1.54, 1.807) is 4.70 Å². The van der Waals surface area contributed by atoms with Crippen LogP contribution < -0.4 is 0 Å². The Labute approximate surface area is 214 Å². The zero-order valence-electron chi connectivity index (χ0n) is 22.7. The summed E-state index contributed by atoms with van der Waals surface area (Å²) in [5.41, 5.74) is 21.6. The number of hydrogen-bond acceptors (Lipinski definition) is 0. The molecule has 0 aromatic heterocycles. The second kappa shape index (κ2) is 14.2. The van der Waals surface area contributed by atoms with Crippen molar-refractivity contribution in [3.8, 4) is 0 Å². The molecule has 0 aliphatic carbocycles. The van der Waals surface area contributed by atoms with Gasteiger partial charge in [0.1, 0.15) is 0 Å². The quantitative estimate of drug-likeness (QED) is 0.183. The molecule has 188 valence electrons. The van der Waals surface area contributed by atoms with Crippen molar-refractivity contribution in [2.45, 2.75) is 111 Å². The maximum absolute atomic E-state index is 11.8. The van der Waals surface area contributed by atoms with Gasteiger partial charge in [0, 0.05) is 22.3 Å². The number of allylic oxidation sites excluding steroid dienone is 2. The first kappa shape index (κ1) is 27.1. The fraction of sp³-hybridized carbons (Fsp3) is 0.515. The minimum atomic E-state index is 1.01. The lowest BCUT2D eigenvalue weighted by Crippen LogP contribution is -2.03. The average Bonchev–Trinajstić information content (AvgIpc) is 3.16. The van der Waals surface area contributed by atoms with E-state index in [-0.39, 0.29) is 0 Å². The van der Waals surface area contributed by atoms with Crippen molar-refractivity contribution < 1.29 is 4.70 Å². The fourth-order valence-electron chi connectivity index (χ4n) is 5.20. The van der Waals surface area contributed by atoms with Gasteiger partial charge in [-0.2, -0.15) is 0 Å². The maximum Gasteiger partial charge on any atom is 0.211 e. The molecule has 0 radical (unpaired) electrons. The Morgan fingerprint density at radius 3 is 1.43 bits per heavy atom. The minimum Gasteiger partial charge on any atom is -0.493 e. The highest BCUT2D eigenvalue weighted by atomic mass is 15.2. The first-order valence-electron chi connectivity index (χ1n) is 14.3. The number of hydrogen-bond donors (Lipinski definition) is 0. The second-order valence-corrected chi connectivity index (χ2v) is 10.1. The molecule has 2 aromatic rings. The van der Waals surface area contributed by atoms with Crippen LogP contribution in [0.4, 0.5) is 0 Å². The number of benzene rings is 2. The molecule has 35 heavy (non-hydrogen) atoms. The molecular weight excluding hydrogens is 424 g/mol. The van der Waals surface area contributed by atoms with Crippen LogP contribution in [0, 0.1) is 0 Å². The van der Waals surface area contributed by atoms with Gasteiger partial charge in [-0.05, 0) is 86.8 Å². The maximum atomic E-state index is 11.8. The summed E-state index contributed by atoms with van der Waals surface area (Å²) in [6.45, 7) is 9.01. The van der Waals surface area contributed by atoms with E-state index >= 15 is 0 Å². The molecule has 2 heteroatoms. The summed E-state index contributed by atoms with van der Waals surface area (Å²) >= 11 is 0. The fourth-order valence-corrected chi connectivity index (χ4v) is 5.20. The van der Waals surface area contributed by atoms with Crippen LogP contribution in [0.2, 0.25) is 0 Å².